The van der Waals surface area contributed by atoms with Gasteiger partial charge < -0.3 is 5.11 Å². The number of nitrogens with zero attached hydrogens (tertiary/aromatic N) is 2. The third-order valence-corrected chi connectivity index (χ3v) is 3.55. The fourth-order valence-corrected chi connectivity index (χ4v) is 2.18. The van der Waals surface area contributed by atoms with Crippen LogP contribution in [0.15, 0.2) is 39.2 Å². The van der Waals surface area contributed by atoms with E-state index < -0.39 is 5.97 Å². The molecule has 0 saturated heterocycles. The molecule has 7 heteroatoms. The van der Waals surface area contributed by atoms with Crippen LogP contribution in [-0.2, 0) is 4.79 Å². The molecule has 0 amide bonds. The van der Waals surface area contributed by atoms with Gasteiger partial charge in [-0.15, -0.1) is 11.3 Å². The van der Waals surface area contributed by atoms with Crippen molar-refractivity contribution in [1.82, 2.24) is 4.98 Å². The van der Waals surface area contributed by atoms with Crippen molar-refractivity contribution in [2.24, 2.45) is 5.10 Å². The zero-order valence-electron chi connectivity index (χ0n) is 9.92. The first-order valence-corrected chi connectivity index (χ1v) is 6.98. The summed E-state index contributed by atoms with van der Waals surface area (Å²) >= 11 is 4.74. The van der Waals surface area contributed by atoms with E-state index in [1.807, 2.05) is 29.6 Å². The zero-order valence-corrected chi connectivity index (χ0v) is 12.3. The van der Waals surface area contributed by atoms with Crippen molar-refractivity contribution < 1.29 is 9.90 Å². The summed E-state index contributed by atoms with van der Waals surface area (Å²) in [5.74, 6) is -1.06. The Morgan fingerprint density at radius 3 is 2.74 bits per heavy atom. The van der Waals surface area contributed by atoms with Crippen LogP contribution in [0, 0.1) is 0 Å². The van der Waals surface area contributed by atoms with Crippen LogP contribution < -0.4 is 5.43 Å². The smallest absolute Gasteiger partial charge is 0.351 e. The highest BCUT2D eigenvalue weighted by Crippen LogP contribution is 2.25. The van der Waals surface area contributed by atoms with Crippen LogP contribution in [0.5, 0.6) is 0 Å². The summed E-state index contributed by atoms with van der Waals surface area (Å²) in [6, 6.07) is 7.78. The van der Waals surface area contributed by atoms with Gasteiger partial charge in [-0.05, 0) is 19.1 Å². The summed E-state index contributed by atoms with van der Waals surface area (Å²) in [6.07, 6.45) is 0. The van der Waals surface area contributed by atoms with E-state index in [4.69, 9.17) is 5.11 Å². The standard InChI is InChI=1S/C12H10BrN3O2S/c1-7(11(17)18)15-16-12-14-10(6-19-12)8-2-4-9(13)5-3-8/h2-6H,1H3,(H,14,16)(H,17,18)/b15-7+. The second-order valence-electron chi connectivity index (χ2n) is 3.66. The van der Waals surface area contributed by atoms with E-state index in [9.17, 15) is 4.79 Å². The molecule has 0 aliphatic heterocycles. The number of carbonyl (C=O) groups is 1. The van der Waals surface area contributed by atoms with Crippen molar-refractivity contribution in [1.29, 1.82) is 0 Å². The lowest BCUT2D eigenvalue weighted by atomic mass is 10.2. The highest BCUT2D eigenvalue weighted by molar-refractivity contribution is 9.10. The fourth-order valence-electron chi connectivity index (χ4n) is 1.26. The number of halogens is 1. The van der Waals surface area contributed by atoms with Gasteiger partial charge in [0.25, 0.3) is 0 Å². The molecule has 1 aromatic heterocycles. The van der Waals surface area contributed by atoms with Gasteiger partial charge >= 0.3 is 5.97 Å². The van der Waals surface area contributed by atoms with Crippen LogP contribution >= 0.6 is 27.3 Å². The number of carboxylic acid groups (broad SMARTS) is 1. The maximum Gasteiger partial charge on any atom is 0.351 e. The van der Waals surface area contributed by atoms with Crippen molar-refractivity contribution >= 4 is 44.1 Å². The molecule has 1 aromatic carbocycles. The molecule has 0 aliphatic carbocycles. The monoisotopic (exact) mass is 339 g/mol. The molecular formula is C12H10BrN3O2S. The maximum atomic E-state index is 10.6. The van der Waals surface area contributed by atoms with Crippen LogP contribution in [-0.4, -0.2) is 21.8 Å². The summed E-state index contributed by atoms with van der Waals surface area (Å²) in [7, 11) is 0. The molecule has 2 N–H and O–H groups in total. The minimum atomic E-state index is -1.06. The topological polar surface area (TPSA) is 74.6 Å². The summed E-state index contributed by atoms with van der Waals surface area (Å²) < 4.78 is 1.01. The molecule has 2 aromatic rings. The van der Waals surface area contributed by atoms with Crippen LogP contribution in [0.25, 0.3) is 11.3 Å². The summed E-state index contributed by atoms with van der Waals surface area (Å²) in [5, 5.41) is 14.8. The Bertz CT molecular complexity index is 622. The number of anilines is 1. The minimum Gasteiger partial charge on any atom is -0.477 e. The Morgan fingerprint density at radius 2 is 2.11 bits per heavy atom. The predicted molar refractivity (Wildman–Crippen MR) is 79.6 cm³/mol. The van der Waals surface area contributed by atoms with Crippen LogP contribution in [0.2, 0.25) is 0 Å². The molecule has 0 unspecified atom stereocenters. The number of carboxylic acids is 1. The lowest BCUT2D eigenvalue weighted by molar-refractivity contribution is -0.129. The quantitative estimate of drug-likeness (QED) is 0.660. The van der Waals surface area contributed by atoms with Gasteiger partial charge in [-0.2, -0.15) is 5.10 Å². The van der Waals surface area contributed by atoms with Gasteiger partial charge in [0.15, 0.2) is 0 Å². The number of hydrogen-bond acceptors (Lipinski definition) is 5. The molecular weight excluding hydrogens is 330 g/mol. The Balaban J connectivity index is 2.13. The normalized spacial score (nSPS) is 11.4. The van der Waals surface area contributed by atoms with Crippen LogP contribution in [0.4, 0.5) is 5.13 Å². The maximum absolute atomic E-state index is 10.6. The average Bonchev–Trinajstić information content (AvgIpc) is 2.85. The van der Waals surface area contributed by atoms with Crippen LogP contribution in [0.3, 0.4) is 0 Å². The third-order valence-electron chi connectivity index (χ3n) is 2.27. The first kappa shape index (κ1) is 13.7. The van der Waals surface area contributed by atoms with E-state index in [0.29, 0.717) is 5.13 Å². The molecule has 0 aliphatic rings. The molecule has 0 fully saturated rings. The summed E-state index contributed by atoms with van der Waals surface area (Å²) in [6.45, 7) is 1.42. The second-order valence-corrected chi connectivity index (χ2v) is 5.43. The van der Waals surface area contributed by atoms with Crippen molar-refractivity contribution in [3.05, 3.63) is 34.1 Å². The van der Waals surface area contributed by atoms with E-state index in [0.717, 1.165) is 15.7 Å². The largest absolute Gasteiger partial charge is 0.477 e. The molecule has 0 spiro atoms. The molecule has 98 valence electrons. The second kappa shape index (κ2) is 5.94. The third kappa shape index (κ3) is 3.62. The number of rotatable bonds is 4. The SMILES string of the molecule is C/C(=N\Nc1nc(-c2ccc(Br)cc2)cs1)C(=O)O. The molecule has 19 heavy (non-hydrogen) atoms. The molecule has 0 saturated carbocycles. The zero-order chi connectivity index (χ0) is 13.8. The molecule has 2 rings (SSSR count). The van der Waals surface area contributed by atoms with E-state index in [-0.39, 0.29) is 5.71 Å². The van der Waals surface area contributed by atoms with Crippen molar-refractivity contribution in [3.63, 3.8) is 0 Å². The fraction of sp³-hybridized carbons (Fsp3) is 0.0833. The van der Waals surface area contributed by atoms with Crippen molar-refractivity contribution in [2.75, 3.05) is 5.43 Å². The van der Waals surface area contributed by atoms with Gasteiger partial charge in [0.2, 0.25) is 5.13 Å². The lowest BCUT2D eigenvalue weighted by Crippen LogP contribution is -2.10. The van der Waals surface area contributed by atoms with Gasteiger partial charge in [0.1, 0.15) is 5.71 Å². The Morgan fingerprint density at radius 1 is 1.42 bits per heavy atom. The Labute approximate surface area is 122 Å². The average molecular weight is 340 g/mol. The molecule has 5 nitrogen and oxygen atoms in total. The Hall–Kier alpha value is -1.73. The highest BCUT2D eigenvalue weighted by atomic mass is 79.9. The minimum absolute atomic E-state index is 0.0135. The van der Waals surface area contributed by atoms with Crippen LogP contribution in [0.1, 0.15) is 6.92 Å². The molecule has 0 bridgehead atoms. The van der Waals surface area contributed by atoms with Gasteiger partial charge in [-0.1, -0.05) is 28.1 Å². The molecule has 0 atom stereocenters. The number of hydrazone groups is 1. The number of aliphatic carboxylic acids is 1. The van der Waals surface area contributed by atoms with Gasteiger partial charge in [0, 0.05) is 15.4 Å². The predicted octanol–water partition coefficient (Wildman–Crippen LogP) is 3.45. The van der Waals surface area contributed by atoms with Gasteiger partial charge in [-0.25, -0.2) is 9.78 Å². The van der Waals surface area contributed by atoms with E-state index >= 15 is 0 Å². The number of thiazole rings is 1. The van der Waals surface area contributed by atoms with Crippen molar-refractivity contribution in [3.8, 4) is 11.3 Å². The lowest BCUT2D eigenvalue weighted by Gasteiger charge is -1.97. The first-order valence-electron chi connectivity index (χ1n) is 5.31. The highest BCUT2D eigenvalue weighted by Gasteiger charge is 2.05. The van der Waals surface area contributed by atoms with E-state index in [1.54, 1.807) is 0 Å². The molecule has 1 heterocycles. The number of nitrogens with one attached hydrogen (secondary N) is 1. The number of benzene rings is 1. The number of hydrogen-bond donors (Lipinski definition) is 2. The Kier molecular flexibility index (Phi) is 4.28. The van der Waals surface area contributed by atoms with Crippen molar-refractivity contribution in [2.45, 2.75) is 6.92 Å². The molecule has 0 radical (unpaired) electrons. The van der Waals surface area contributed by atoms with Gasteiger partial charge in [0.05, 0.1) is 5.69 Å². The van der Waals surface area contributed by atoms with E-state index in [2.05, 4.69) is 31.4 Å². The summed E-state index contributed by atoms with van der Waals surface area (Å²) in [5.41, 5.74) is 4.43. The number of aromatic nitrogens is 1. The first-order chi connectivity index (χ1) is 9.06. The summed E-state index contributed by atoms with van der Waals surface area (Å²) in [4.78, 5) is 14.9. The van der Waals surface area contributed by atoms with Gasteiger partial charge in [-0.3, -0.25) is 5.43 Å². The van der Waals surface area contributed by atoms with E-state index in [1.165, 1.54) is 18.3 Å².